The smallest absolute Gasteiger partial charge is 0.277 e. The van der Waals surface area contributed by atoms with Crippen LogP contribution in [-0.4, -0.2) is 47.4 Å². The molecular formula is C21H21FN4O4. The van der Waals surface area contributed by atoms with Crippen molar-refractivity contribution in [3.05, 3.63) is 60.2 Å². The predicted molar refractivity (Wildman–Crippen MR) is 106 cm³/mol. The minimum absolute atomic E-state index is 0.116. The Kier molecular flexibility index (Phi) is 5.13. The van der Waals surface area contributed by atoms with E-state index in [1.165, 1.54) is 47.2 Å². The quantitative estimate of drug-likeness (QED) is 0.629. The molecule has 0 aliphatic carbocycles. The number of amides is 2. The summed E-state index contributed by atoms with van der Waals surface area (Å²) in [5.74, 6) is -0.690. The third-order valence-corrected chi connectivity index (χ3v) is 5.09. The van der Waals surface area contributed by atoms with Gasteiger partial charge >= 0.3 is 0 Å². The molecule has 3 heterocycles. The van der Waals surface area contributed by atoms with Crippen LogP contribution in [0.1, 0.15) is 17.4 Å². The summed E-state index contributed by atoms with van der Waals surface area (Å²) in [6, 6.07) is 10.6. The fraction of sp³-hybridized carbons (Fsp3) is 0.286. The van der Waals surface area contributed by atoms with Crippen molar-refractivity contribution in [1.82, 2.24) is 15.1 Å². The van der Waals surface area contributed by atoms with Crippen molar-refractivity contribution in [1.29, 1.82) is 0 Å². The summed E-state index contributed by atoms with van der Waals surface area (Å²) >= 11 is 0. The maximum absolute atomic E-state index is 13.5. The van der Waals surface area contributed by atoms with Crippen LogP contribution in [0.3, 0.4) is 0 Å². The van der Waals surface area contributed by atoms with E-state index in [0.29, 0.717) is 36.0 Å². The number of carbonyl (C=O) groups excluding carboxylic acids is 2. The molecule has 1 aliphatic heterocycles. The summed E-state index contributed by atoms with van der Waals surface area (Å²) in [7, 11) is 1.54. The molecule has 30 heavy (non-hydrogen) atoms. The number of furan rings is 1. The predicted octanol–water partition coefficient (Wildman–Crippen LogP) is 2.46. The summed E-state index contributed by atoms with van der Waals surface area (Å²) in [5, 5.41) is 7.27. The second-order valence-corrected chi connectivity index (χ2v) is 7.19. The fourth-order valence-corrected chi connectivity index (χ4v) is 3.58. The fourth-order valence-electron chi connectivity index (χ4n) is 3.58. The first-order chi connectivity index (χ1) is 14.4. The second kappa shape index (κ2) is 7.75. The molecule has 0 saturated heterocycles. The van der Waals surface area contributed by atoms with Gasteiger partial charge in [0.2, 0.25) is 5.91 Å². The molecule has 1 atom stereocenters. The van der Waals surface area contributed by atoms with Gasteiger partial charge in [0.1, 0.15) is 22.7 Å². The van der Waals surface area contributed by atoms with Crippen molar-refractivity contribution < 1.29 is 23.1 Å². The van der Waals surface area contributed by atoms with E-state index in [-0.39, 0.29) is 12.5 Å². The molecule has 0 bridgehead atoms. The Morgan fingerprint density at radius 3 is 2.77 bits per heavy atom. The third-order valence-electron chi connectivity index (χ3n) is 5.09. The van der Waals surface area contributed by atoms with Crippen molar-refractivity contribution in [3.8, 4) is 11.5 Å². The number of nitrogens with zero attached hydrogens (tertiary/aromatic N) is 3. The molecule has 3 aromatic rings. The van der Waals surface area contributed by atoms with Crippen molar-refractivity contribution in [2.45, 2.75) is 19.0 Å². The van der Waals surface area contributed by atoms with Crippen LogP contribution in [0.4, 0.5) is 10.1 Å². The standard InChI is InChI=1S/C21H21FN4O4/c1-21(20(28)23-9-11-29-2)13-25-17(12-16(24-25)18-4-3-10-30-18)19(27)26(21)15-7-5-14(22)6-8-15/h3-8,10,12H,9,11,13H2,1-2H3,(H,23,28)/t21-/m0/s1. The zero-order valence-electron chi connectivity index (χ0n) is 16.6. The summed E-state index contributed by atoms with van der Waals surface area (Å²) in [4.78, 5) is 28.0. The highest BCUT2D eigenvalue weighted by atomic mass is 19.1. The highest BCUT2D eigenvalue weighted by molar-refractivity contribution is 6.12. The molecule has 2 amide bonds. The Morgan fingerprint density at radius 1 is 1.33 bits per heavy atom. The number of fused-ring (bicyclic) bond motifs is 1. The summed E-state index contributed by atoms with van der Waals surface area (Å²) in [6.07, 6.45) is 1.52. The molecule has 0 fully saturated rings. The Balaban J connectivity index is 1.77. The van der Waals surface area contributed by atoms with Gasteiger partial charge in [-0.3, -0.25) is 19.2 Å². The molecule has 156 valence electrons. The van der Waals surface area contributed by atoms with E-state index in [1.807, 2.05) is 0 Å². The van der Waals surface area contributed by atoms with E-state index >= 15 is 0 Å². The highest BCUT2D eigenvalue weighted by Crippen LogP contribution is 2.34. The minimum Gasteiger partial charge on any atom is -0.463 e. The number of benzene rings is 1. The lowest BCUT2D eigenvalue weighted by Gasteiger charge is -2.43. The molecule has 9 heteroatoms. The number of rotatable bonds is 6. The van der Waals surface area contributed by atoms with Crippen molar-refractivity contribution >= 4 is 17.5 Å². The van der Waals surface area contributed by atoms with Crippen molar-refractivity contribution in [3.63, 3.8) is 0 Å². The molecule has 0 spiro atoms. The SMILES string of the molecule is COCCNC(=O)[C@]1(C)Cn2nc(-c3ccco3)cc2C(=O)N1c1ccc(F)cc1. The number of ether oxygens (including phenoxy) is 1. The van der Waals surface area contributed by atoms with Crippen LogP contribution in [0.2, 0.25) is 0 Å². The van der Waals surface area contributed by atoms with Crippen LogP contribution in [0.5, 0.6) is 0 Å². The Labute approximate surface area is 172 Å². The maximum Gasteiger partial charge on any atom is 0.277 e. The lowest BCUT2D eigenvalue weighted by atomic mass is 9.94. The van der Waals surface area contributed by atoms with Crippen molar-refractivity contribution in [2.75, 3.05) is 25.2 Å². The Bertz CT molecular complexity index is 1060. The molecule has 2 aromatic heterocycles. The number of hydrogen-bond acceptors (Lipinski definition) is 5. The first-order valence-electron chi connectivity index (χ1n) is 9.43. The van der Waals surface area contributed by atoms with E-state index < -0.39 is 17.3 Å². The third kappa shape index (κ3) is 3.37. The van der Waals surface area contributed by atoms with Gasteiger partial charge in [-0.15, -0.1) is 0 Å². The number of hydrogen-bond donors (Lipinski definition) is 1. The topological polar surface area (TPSA) is 89.6 Å². The van der Waals surface area contributed by atoms with E-state index in [1.54, 1.807) is 25.1 Å². The van der Waals surface area contributed by atoms with Gasteiger partial charge in [-0.05, 0) is 43.3 Å². The number of methoxy groups -OCH3 is 1. The van der Waals surface area contributed by atoms with E-state index in [2.05, 4.69) is 10.4 Å². The van der Waals surface area contributed by atoms with Crippen LogP contribution in [0.25, 0.3) is 11.5 Å². The highest BCUT2D eigenvalue weighted by Gasteiger charge is 2.48. The number of carbonyl (C=O) groups is 2. The lowest BCUT2D eigenvalue weighted by molar-refractivity contribution is -0.126. The summed E-state index contributed by atoms with van der Waals surface area (Å²) in [5.41, 5.74) is -0.0700. The van der Waals surface area contributed by atoms with E-state index in [0.717, 1.165) is 0 Å². The molecule has 1 aliphatic rings. The number of nitrogens with one attached hydrogen (secondary N) is 1. The van der Waals surface area contributed by atoms with Crippen LogP contribution >= 0.6 is 0 Å². The normalized spacial score (nSPS) is 18.4. The van der Waals surface area contributed by atoms with Gasteiger partial charge in [-0.2, -0.15) is 5.10 Å². The molecule has 1 aromatic carbocycles. The van der Waals surface area contributed by atoms with Gasteiger partial charge in [0.05, 0.1) is 19.4 Å². The van der Waals surface area contributed by atoms with Crippen LogP contribution in [0, 0.1) is 5.82 Å². The average molecular weight is 412 g/mol. The van der Waals surface area contributed by atoms with E-state index in [4.69, 9.17) is 9.15 Å². The van der Waals surface area contributed by atoms with Gasteiger partial charge < -0.3 is 14.5 Å². The van der Waals surface area contributed by atoms with Gasteiger partial charge in [0.15, 0.2) is 5.76 Å². The zero-order chi connectivity index (χ0) is 21.3. The molecular weight excluding hydrogens is 391 g/mol. The van der Waals surface area contributed by atoms with E-state index in [9.17, 15) is 14.0 Å². The van der Waals surface area contributed by atoms with Gasteiger partial charge in [-0.25, -0.2) is 4.39 Å². The molecule has 8 nitrogen and oxygen atoms in total. The van der Waals surface area contributed by atoms with Crippen LogP contribution < -0.4 is 10.2 Å². The van der Waals surface area contributed by atoms with Gasteiger partial charge in [0, 0.05) is 25.4 Å². The molecule has 1 N–H and O–H groups in total. The minimum atomic E-state index is -1.29. The van der Waals surface area contributed by atoms with Crippen LogP contribution in [0.15, 0.2) is 53.1 Å². The second-order valence-electron chi connectivity index (χ2n) is 7.19. The number of halogens is 1. The lowest BCUT2D eigenvalue weighted by Crippen LogP contribution is -2.64. The molecule has 4 rings (SSSR count). The Hall–Kier alpha value is -3.46. The van der Waals surface area contributed by atoms with Gasteiger partial charge in [0.25, 0.3) is 5.91 Å². The molecule has 0 unspecified atom stereocenters. The van der Waals surface area contributed by atoms with Crippen LogP contribution in [-0.2, 0) is 16.1 Å². The Morgan fingerprint density at radius 2 is 2.10 bits per heavy atom. The summed E-state index contributed by atoms with van der Waals surface area (Å²) < 4.78 is 25.4. The van der Waals surface area contributed by atoms with Gasteiger partial charge in [-0.1, -0.05) is 0 Å². The number of aromatic nitrogens is 2. The zero-order valence-corrected chi connectivity index (χ0v) is 16.6. The first-order valence-corrected chi connectivity index (χ1v) is 9.43. The molecule has 0 radical (unpaired) electrons. The maximum atomic E-state index is 13.5. The monoisotopic (exact) mass is 412 g/mol. The molecule has 0 saturated carbocycles. The number of anilines is 1. The first kappa shape index (κ1) is 19.8. The van der Waals surface area contributed by atoms with Crippen molar-refractivity contribution in [2.24, 2.45) is 0 Å². The largest absolute Gasteiger partial charge is 0.463 e. The average Bonchev–Trinajstić information content (AvgIpc) is 3.39. The summed E-state index contributed by atoms with van der Waals surface area (Å²) in [6.45, 7) is 2.40.